The van der Waals surface area contributed by atoms with Crippen molar-refractivity contribution in [1.29, 1.82) is 0 Å². The van der Waals surface area contributed by atoms with Gasteiger partial charge >= 0.3 is 0 Å². The summed E-state index contributed by atoms with van der Waals surface area (Å²) >= 11 is 0. The number of amides is 1. The molecule has 0 spiro atoms. The molecular weight excluding hydrogens is 378 g/mol. The van der Waals surface area contributed by atoms with Gasteiger partial charge in [0.25, 0.3) is 0 Å². The minimum Gasteiger partial charge on any atom is -0.495 e. The van der Waals surface area contributed by atoms with Crippen LogP contribution in [0.15, 0.2) is 60.6 Å². The molecule has 0 N–H and O–H groups in total. The minimum absolute atomic E-state index is 0.0597. The number of hydrogen-bond acceptors (Lipinski definition) is 5. The van der Waals surface area contributed by atoms with Crippen molar-refractivity contribution in [1.82, 2.24) is 14.9 Å². The van der Waals surface area contributed by atoms with Crippen LogP contribution in [0.2, 0.25) is 0 Å². The van der Waals surface area contributed by atoms with Crippen molar-refractivity contribution in [3.63, 3.8) is 0 Å². The fourth-order valence-corrected chi connectivity index (χ4v) is 3.69. The second-order valence-corrected chi connectivity index (χ2v) is 8.53. The number of allylic oxidation sites excluding steroid dienone is 3. The van der Waals surface area contributed by atoms with E-state index in [0.717, 1.165) is 22.6 Å². The van der Waals surface area contributed by atoms with Crippen LogP contribution in [-0.4, -0.2) is 39.5 Å². The Morgan fingerprint density at radius 1 is 1.13 bits per heavy atom. The van der Waals surface area contributed by atoms with Crippen molar-refractivity contribution in [3.8, 4) is 5.75 Å². The van der Waals surface area contributed by atoms with E-state index >= 15 is 0 Å². The van der Waals surface area contributed by atoms with Crippen LogP contribution in [0, 0.1) is 5.92 Å². The summed E-state index contributed by atoms with van der Waals surface area (Å²) in [4.78, 5) is 23.6. The second-order valence-electron chi connectivity index (χ2n) is 8.53. The van der Waals surface area contributed by atoms with Gasteiger partial charge in [0.2, 0.25) is 5.91 Å². The molecule has 30 heavy (non-hydrogen) atoms. The number of aromatic nitrogens is 2. The van der Waals surface area contributed by atoms with Gasteiger partial charge in [-0.05, 0) is 62.6 Å². The van der Waals surface area contributed by atoms with Crippen molar-refractivity contribution in [2.45, 2.75) is 39.3 Å². The number of fused-ring (bicyclic) bond motifs is 1. The Morgan fingerprint density at radius 2 is 1.87 bits per heavy atom. The summed E-state index contributed by atoms with van der Waals surface area (Å²) in [6.07, 6.45) is 7.98. The van der Waals surface area contributed by atoms with Crippen LogP contribution in [0.1, 0.15) is 38.6 Å². The average Bonchev–Trinajstić information content (AvgIpc) is 2.87. The van der Waals surface area contributed by atoms with Crippen LogP contribution in [-0.2, 0) is 16.1 Å². The van der Waals surface area contributed by atoms with E-state index in [2.05, 4.69) is 16.0 Å². The zero-order valence-electron chi connectivity index (χ0n) is 17.7. The summed E-state index contributed by atoms with van der Waals surface area (Å²) in [5, 5.41) is 0. The third-order valence-corrected chi connectivity index (χ3v) is 5.06. The van der Waals surface area contributed by atoms with Crippen molar-refractivity contribution < 1.29 is 14.3 Å². The standard InChI is InChI=1S/C24H27N3O3/c1-24(2,3)30-19-8-5-17(6-9-19)18-7-10-21-20(15-18)23(28)27(13-14-29-21)16-22-25-11-4-12-26-22/h4-12,20H,13-16H2,1-3H3. The van der Waals surface area contributed by atoms with E-state index in [4.69, 9.17) is 9.47 Å². The number of carbonyl (C=O) groups is 1. The predicted octanol–water partition coefficient (Wildman–Crippen LogP) is 4.00. The molecule has 156 valence electrons. The Kier molecular flexibility index (Phi) is 5.57. The summed E-state index contributed by atoms with van der Waals surface area (Å²) in [6.45, 7) is 7.48. The molecule has 1 atom stereocenters. The number of nitrogens with zero attached hydrogens (tertiary/aromatic N) is 3. The van der Waals surface area contributed by atoms with Gasteiger partial charge in [0, 0.05) is 12.4 Å². The quantitative estimate of drug-likeness (QED) is 0.769. The van der Waals surface area contributed by atoms with Gasteiger partial charge in [-0.1, -0.05) is 18.2 Å². The van der Waals surface area contributed by atoms with Crippen molar-refractivity contribution in [2.24, 2.45) is 5.92 Å². The third kappa shape index (κ3) is 4.70. The molecule has 6 nitrogen and oxygen atoms in total. The molecule has 6 heteroatoms. The number of rotatable bonds is 4. The molecule has 1 saturated heterocycles. The molecule has 1 aliphatic heterocycles. The molecule has 1 aromatic carbocycles. The Balaban J connectivity index is 1.50. The number of ether oxygens (including phenoxy) is 2. The summed E-state index contributed by atoms with van der Waals surface area (Å²) in [5.41, 5.74) is 1.96. The van der Waals surface area contributed by atoms with Crippen LogP contribution in [0.4, 0.5) is 0 Å². The highest BCUT2D eigenvalue weighted by Crippen LogP contribution is 2.35. The zero-order chi connectivity index (χ0) is 21.1. The Labute approximate surface area is 177 Å². The molecule has 2 aromatic rings. The zero-order valence-corrected chi connectivity index (χ0v) is 17.7. The molecule has 0 saturated carbocycles. The Hall–Kier alpha value is -3.15. The molecule has 1 amide bonds. The molecule has 0 bridgehead atoms. The van der Waals surface area contributed by atoms with Gasteiger partial charge in [-0.3, -0.25) is 4.79 Å². The first-order valence-corrected chi connectivity index (χ1v) is 10.3. The molecule has 0 radical (unpaired) electrons. The fourth-order valence-electron chi connectivity index (χ4n) is 3.69. The summed E-state index contributed by atoms with van der Waals surface area (Å²) in [5.74, 6) is 1.96. The van der Waals surface area contributed by atoms with Gasteiger partial charge in [-0.15, -0.1) is 0 Å². The van der Waals surface area contributed by atoms with E-state index in [9.17, 15) is 4.79 Å². The van der Waals surface area contributed by atoms with E-state index in [1.165, 1.54) is 0 Å². The lowest BCUT2D eigenvalue weighted by atomic mass is 9.87. The highest BCUT2D eigenvalue weighted by molar-refractivity contribution is 5.85. The molecule has 1 aliphatic carbocycles. The first-order chi connectivity index (χ1) is 14.4. The van der Waals surface area contributed by atoms with Crippen LogP contribution >= 0.6 is 0 Å². The van der Waals surface area contributed by atoms with E-state index < -0.39 is 0 Å². The summed E-state index contributed by atoms with van der Waals surface area (Å²) in [6, 6.07) is 9.82. The highest BCUT2D eigenvalue weighted by atomic mass is 16.5. The van der Waals surface area contributed by atoms with Crippen molar-refractivity contribution in [3.05, 3.63) is 72.0 Å². The van der Waals surface area contributed by atoms with Gasteiger partial charge in [0.05, 0.1) is 19.0 Å². The van der Waals surface area contributed by atoms with Crippen LogP contribution in [0.3, 0.4) is 0 Å². The van der Waals surface area contributed by atoms with E-state index in [1.54, 1.807) is 23.4 Å². The molecule has 1 unspecified atom stereocenters. The van der Waals surface area contributed by atoms with Gasteiger partial charge in [0.15, 0.2) is 0 Å². The second kappa shape index (κ2) is 8.30. The van der Waals surface area contributed by atoms with Gasteiger partial charge in [-0.2, -0.15) is 0 Å². The van der Waals surface area contributed by atoms with E-state index in [1.807, 2.05) is 51.1 Å². The first kappa shape index (κ1) is 20.1. The lowest BCUT2D eigenvalue weighted by Crippen LogP contribution is -2.36. The Bertz CT molecular complexity index is 959. The van der Waals surface area contributed by atoms with E-state index in [-0.39, 0.29) is 17.4 Å². The van der Waals surface area contributed by atoms with Gasteiger partial charge in [-0.25, -0.2) is 9.97 Å². The molecule has 1 fully saturated rings. The largest absolute Gasteiger partial charge is 0.495 e. The predicted molar refractivity (Wildman–Crippen MR) is 114 cm³/mol. The molecule has 2 heterocycles. The summed E-state index contributed by atoms with van der Waals surface area (Å²) in [7, 11) is 0. The fraction of sp³-hybridized carbons (Fsp3) is 0.375. The normalized spacial score (nSPS) is 19.2. The monoisotopic (exact) mass is 405 g/mol. The Morgan fingerprint density at radius 3 is 2.57 bits per heavy atom. The highest BCUT2D eigenvalue weighted by Gasteiger charge is 2.34. The lowest BCUT2D eigenvalue weighted by molar-refractivity contribution is -0.134. The third-order valence-electron chi connectivity index (χ3n) is 5.06. The number of hydrogen-bond donors (Lipinski definition) is 0. The van der Waals surface area contributed by atoms with Gasteiger partial charge < -0.3 is 14.4 Å². The minimum atomic E-state index is -0.318. The molecular formula is C24H27N3O3. The molecule has 1 aromatic heterocycles. The summed E-state index contributed by atoms with van der Waals surface area (Å²) < 4.78 is 11.8. The first-order valence-electron chi connectivity index (χ1n) is 10.3. The van der Waals surface area contributed by atoms with Gasteiger partial charge in [0.1, 0.15) is 29.5 Å². The van der Waals surface area contributed by atoms with Crippen LogP contribution < -0.4 is 4.74 Å². The maximum Gasteiger partial charge on any atom is 0.234 e. The van der Waals surface area contributed by atoms with Crippen molar-refractivity contribution in [2.75, 3.05) is 13.2 Å². The topological polar surface area (TPSA) is 64.6 Å². The lowest BCUT2D eigenvalue weighted by Gasteiger charge is -2.26. The average molecular weight is 405 g/mol. The van der Waals surface area contributed by atoms with Crippen molar-refractivity contribution >= 4 is 11.5 Å². The number of carbonyl (C=O) groups excluding carboxylic acids is 1. The maximum atomic E-state index is 13.3. The van der Waals surface area contributed by atoms with Crippen LogP contribution in [0.25, 0.3) is 5.57 Å². The SMILES string of the molecule is CC(C)(C)Oc1ccc(C2=CC=C3OCCN(Cc4ncccn4)C(=O)C3C2)cc1. The smallest absolute Gasteiger partial charge is 0.234 e. The van der Waals surface area contributed by atoms with Crippen LogP contribution in [0.5, 0.6) is 5.75 Å². The molecule has 2 aliphatic rings. The van der Waals surface area contributed by atoms with E-state index in [0.29, 0.717) is 31.9 Å². The molecule has 4 rings (SSSR count). The maximum absolute atomic E-state index is 13.3. The number of benzene rings is 1.